The van der Waals surface area contributed by atoms with Gasteiger partial charge < -0.3 is 19.5 Å². The van der Waals surface area contributed by atoms with Crippen molar-refractivity contribution in [1.29, 1.82) is 0 Å². The average Bonchev–Trinajstić information content (AvgIpc) is 2.72. The van der Waals surface area contributed by atoms with E-state index in [0.29, 0.717) is 24.5 Å². The van der Waals surface area contributed by atoms with E-state index in [0.717, 1.165) is 26.1 Å². The Morgan fingerprint density at radius 1 is 1.30 bits per heavy atom. The maximum Gasteiger partial charge on any atom is 0.318 e. The summed E-state index contributed by atoms with van der Waals surface area (Å²) >= 11 is 0. The van der Waals surface area contributed by atoms with E-state index in [-0.39, 0.29) is 5.54 Å². The van der Waals surface area contributed by atoms with E-state index in [1.807, 2.05) is 0 Å². The van der Waals surface area contributed by atoms with Crippen LogP contribution in [0.2, 0.25) is 0 Å². The Bertz CT molecular complexity index is 425. The van der Waals surface area contributed by atoms with E-state index in [1.165, 1.54) is 0 Å². The van der Waals surface area contributed by atoms with Crippen molar-refractivity contribution in [1.82, 2.24) is 20.4 Å². The summed E-state index contributed by atoms with van der Waals surface area (Å²) in [4.78, 5) is 4.57. The SMILES string of the molecule is CC1CN(C)CCCN1c1nnc(CNC(C)(C)C)o1. The van der Waals surface area contributed by atoms with Crippen LogP contribution in [-0.2, 0) is 6.54 Å². The first-order valence-corrected chi connectivity index (χ1v) is 7.38. The zero-order valence-corrected chi connectivity index (χ0v) is 13.3. The molecule has 6 heteroatoms. The van der Waals surface area contributed by atoms with E-state index < -0.39 is 0 Å². The maximum absolute atomic E-state index is 5.80. The fourth-order valence-electron chi connectivity index (χ4n) is 2.43. The van der Waals surface area contributed by atoms with Gasteiger partial charge in [0.15, 0.2) is 0 Å². The van der Waals surface area contributed by atoms with Gasteiger partial charge in [0.05, 0.1) is 6.54 Å². The molecule has 0 aromatic carbocycles. The topological polar surface area (TPSA) is 57.4 Å². The van der Waals surface area contributed by atoms with Crippen molar-refractivity contribution in [3.63, 3.8) is 0 Å². The van der Waals surface area contributed by atoms with Crippen LogP contribution in [0, 0.1) is 0 Å². The predicted molar refractivity (Wildman–Crippen MR) is 79.8 cm³/mol. The van der Waals surface area contributed by atoms with Crippen molar-refractivity contribution in [2.45, 2.75) is 52.2 Å². The first-order chi connectivity index (χ1) is 9.35. The molecule has 0 saturated carbocycles. The molecule has 1 fully saturated rings. The highest BCUT2D eigenvalue weighted by molar-refractivity contribution is 5.26. The number of likely N-dealkylation sites (N-methyl/N-ethyl adjacent to an activating group) is 1. The number of nitrogens with one attached hydrogen (secondary N) is 1. The van der Waals surface area contributed by atoms with Crippen LogP contribution < -0.4 is 10.2 Å². The van der Waals surface area contributed by atoms with Gasteiger partial charge in [0.1, 0.15) is 0 Å². The van der Waals surface area contributed by atoms with Crippen molar-refractivity contribution in [3.8, 4) is 0 Å². The lowest BCUT2D eigenvalue weighted by atomic mass is 10.1. The summed E-state index contributed by atoms with van der Waals surface area (Å²) in [6, 6.07) is 1.05. The number of hydrogen-bond donors (Lipinski definition) is 1. The molecule has 0 bridgehead atoms. The Labute approximate surface area is 121 Å². The van der Waals surface area contributed by atoms with E-state index in [9.17, 15) is 0 Å². The lowest BCUT2D eigenvalue weighted by Crippen LogP contribution is -2.38. The Kier molecular flexibility index (Phi) is 4.65. The number of hydrogen-bond acceptors (Lipinski definition) is 6. The highest BCUT2D eigenvalue weighted by atomic mass is 16.4. The van der Waals surface area contributed by atoms with Crippen LogP contribution in [0.4, 0.5) is 6.01 Å². The number of anilines is 1. The smallest absolute Gasteiger partial charge is 0.318 e. The van der Waals surface area contributed by atoms with Gasteiger partial charge in [0.25, 0.3) is 0 Å². The zero-order valence-electron chi connectivity index (χ0n) is 13.3. The van der Waals surface area contributed by atoms with Gasteiger partial charge >= 0.3 is 6.01 Å². The largest absolute Gasteiger partial charge is 0.407 e. The third kappa shape index (κ3) is 4.18. The summed E-state index contributed by atoms with van der Waals surface area (Å²) in [7, 11) is 2.16. The van der Waals surface area contributed by atoms with Crippen molar-refractivity contribution in [2.24, 2.45) is 0 Å². The van der Waals surface area contributed by atoms with Crippen LogP contribution in [-0.4, -0.2) is 53.4 Å². The summed E-state index contributed by atoms with van der Waals surface area (Å²) in [5.41, 5.74) is 0.0489. The molecule has 1 aliphatic heterocycles. The lowest BCUT2D eigenvalue weighted by molar-refractivity contribution is 0.334. The van der Waals surface area contributed by atoms with Crippen LogP contribution in [0.5, 0.6) is 0 Å². The molecule has 2 rings (SSSR count). The minimum absolute atomic E-state index is 0.0489. The molecule has 1 saturated heterocycles. The van der Waals surface area contributed by atoms with Gasteiger partial charge in [-0.1, -0.05) is 5.10 Å². The summed E-state index contributed by atoms with van der Waals surface area (Å²) in [5.74, 6) is 0.653. The van der Waals surface area contributed by atoms with Crippen LogP contribution in [0.3, 0.4) is 0 Å². The van der Waals surface area contributed by atoms with Gasteiger partial charge in [-0.2, -0.15) is 0 Å². The molecule has 0 aliphatic carbocycles. The van der Waals surface area contributed by atoms with Crippen LogP contribution in [0.25, 0.3) is 0 Å². The van der Waals surface area contributed by atoms with Crippen LogP contribution >= 0.6 is 0 Å². The number of nitrogens with zero attached hydrogens (tertiary/aromatic N) is 4. The van der Waals surface area contributed by atoms with Crippen molar-refractivity contribution >= 4 is 6.01 Å². The van der Waals surface area contributed by atoms with Gasteiger partial charge in [-0.15, -0.1) is 5.10 Å². The molecule has 20 heavy (non-hydrogen) atoms. The lowest BCUT2D eigenvalue weighted by Gasteiger charge is -2.25. The minimum atomic E-state index is 0.0489. The van der Waals surface area contributed by atoms with Crippen LogP contribution in [0.1, 0.15) is 40.0 Å². The highest BCUT2D eigenvalue weighted by Gasteiger charge is 2.24. The molecule has 1 unspecified atom stereocenters. The van der Waals surface area contributed by atoms with Gasteiger partial charge in [-0.3, -0.25) is 0 Å². The Morgan fingerprint density at radius 3 is 2.75 bits per heavy atom. The summed E-state index contributed by atoms with van der Waals surface area (Å²) in [6.45, 7) is 12.3. The Morgan fingerprint density at radius 2 is 2.05 bits per heavy atom. The normalized spacial score (nSPS) is 22.1. The first kappa shape index (κ1) is 15.3. The standard InChI is InChI=1S/C14H27N5O/c1-11-10-18(5)7-6-8-19(11)13-17-16-12(20-13)9-15-14(2,3)4/h11,15H,6-10H2,1-5H3. The van der Waals surface area contributed by atoms with E-state index in [1.54, 1.807) is 0 Å². The van der Waals surface area contributed by atoms with Crippen LogP contribution in [0.15, 0.2) is 4.42 Å². The fourth-order valence-corrected chi connectivity index (χ4v) is 2.43. The number of aromatic nitrogens is 2. The Hall–Kier alpha value is -1.14. The molecule has 0 amide bonds. The van der Waals surface area contributed by atoms with Gasteiger partial charge in [0.2, 0.25) is 5.89 Å². The fraction of sp³-hybridized carbons (Fsp3) is 0.857. The van der Waals surface area contributed by atoms with E-state index >= 15 is 0 Å². The predicted octanol–water partition coefficient (Wildman–Crippen LogP) is 1.49. The molecular weight excluding hydrogens is 254 g/mol. The molecule has 1 N–H and O–H groups in total. The molecular formula is C14H27N5O. The van der Waals surface area contributed by atoms with Gasteiger partial charge in [0, 0.05) is 24.7 Å². The first-order valence-electron chi connectivity index (χ1n) is 7.38. The molecule has 1 atom stereocenters. The monoisotopic (exact) mass is 281 g/mol. The third-order valence-electron chi connectivity index (χ3n) is 3.52. The van der Waals surface area contributed by atoms with Crippen molar-refractivity contribution < 1.29 is 4.42 Å². The second kappa shape index (κ2) is 6.10. The summed E-state index contributed by atoms with van der Waals surface area (Å²) in [5, 5.41) is 11.7. The minimum Gasteiger partial charge on any atom is -0.407 e. The molecule has 2 heterocycles. The van der Waals surface area contributed by atoms with Crippen molar-refractivity contribution in [2.75, 3.05) is 31.6 Å². The Balaban J connectivity index is 2.00. The number of rotatable bonds is 3. The average molecular weight is 281 g/mol. The molecule has 0 radical (unpaired) electrons. The molecule has 0 spiro atoms. The van der Waals surface area contributed by atoms with E-state index in [2.05, 4.69) is 60.1 Å². The second-order valence-corrected chi connectivity index (χ2v) is 6.74. The van der Waals surface area contributed by atoms with Gasteiger partial charge in [-0.25, -0.2) is 0 Å². The highest BCUT2D eigenvalue weighted by Crippen LogP contribution is 2.19. The molecule has 1 aliphatic rings. The maximum atomic E-state index is 5.80. The molecule has 114 valence electrons. The molecule has 6 nitrogen and oxygen atoms in total. The zero-order chi connectivity index (χ0) is 14.8. The summed E-state index contributed by atoms with van der Waals surface area (Å²) < 4.78 is 5.80. The third-order valence-corrected chi connectivity index (χ3v) is 3.52. The van der Waals surface area contributed by atoms with Crippen molar-refractivity contribution in [3.05, 3.63) is 5.89 Å². The summed E-state index contributed by atoms with van der Waals surface area (Å²) in [6.07, 6.45) is 1.12. The quantitative estimate of drug-likeness (QED) is 0.906. The molecule has 1 aromatic heterocycles. The second-order valence-electron chi connectivity index (χ2n) is 6.74. The van der Waals surface area contributed by atoms with Gasteiger partial charge in [-0.05, 0) is 47.7 Å². The van der Waals surface area contributed by atoms with E-state index in [4.69, 9.17) is 4.42 Å². The molecule has 1 aromatic rings.